The van der Waals surface area contributed by atoms with Crippen molar-refractivity contribution in [3.8, 4) is 0 Å². The van der Waals surface area contributed by atoms with Crippen LogP contribution in [0.4, 0.5) is 0 Å². The number of esters is 1. The van der Waals surface area contributed by atoms with Gasteiger partial charge in [0.05, 0.1) is 6.61 Å². The van der Waals surface area contributed by atoms with Crippen molar-refractivity contribution in [1.29, 1.82) is 0 Å². The van der Waals surface area contributed by atoms with Crippen LogP contribution >= 0.6 is 15.9 Å². The van der Waals surface area contributed by atoms with E-state index < -0.39 is 0 Å². The van der Waals surface area contributed by atoms with Gasteiger partial charge in [0.25, 0.3) is 0 Å². The highest BCUT2D eigenvalue weighted by Gasteiger charge is 1.96. The number of carbonyl (C=O) groups is 1. The molecule has 1 rings (SSSR count). The summed E-state index contributed by atoms with van der Waals surface area (Å²) in [5.41, 5.74) is 2.13. The minimum absolute atomic E-state index is 0.307. The van der Waals surface area contributed by atoms with E-state index in [-0.39, 0.29) is 5.97 Å². The summed E-state index contributed by atoms with van der Waals surface area (Å²) in [6.45, 7) is 4.20. The van der Waals surface area contributed by atoms with Gasteiger partial charge >= 0.3 is 5.97 Å². The van der Waals surface area contributed by atoms with Gasteiger partial charge < -0.3 is 4.74 Å². The second kappa shape index (κ2) is 5.71. The first-order valence-electron chi connectivity index (χ1n) is 4.74. The fraction of sp³-hybridized carbons (Fsp3) is 0.250. The van der Waals surface area contributed by atoms with E-state index in [1.54, 1.807) is 13.0 Å². The lowest BCUT2D eigenvalue weighted by Gasteiger charge is -1.99. The van der Waals surface area contributed by atoms with Gasteiger partial charge in [0.1, 0.15) is 0 Å². The first kappa shape index (κ1) is 12.0. The molecule has 0 bridgehead atoms. The molecule has 0 N–H and O–H groups in total. The lowest BCUT2D eigenvalue weighted by Crippen LogP contribution is -1.98. The molecule has 0 unspecified atom stereocenters. The molecule has 0 radical (unpaired) electrons. The van der Waals surface area contributed by atoms with Crippen LogP contribution in [0, 0.1) is 6.92 Å². The Labute approximate surface area is 98.1 Å². The van der Waals surface area contributed by atoms with Crippen LogP contribution in [0.15, 0.2) is 28.7 Å². The van der Waals surface area contributed by atoms with Crippen LogP contribution in [0.5, 0.6) is 0 Å². The summed E-state index contributed by atoms with van der Waals surface area (Å²) < 4.78 is 5.85. The molecule has 0 amide bonds. The number of halogens is 1. The molecule has 2 nitrogen and oxygen atoms in total. The standard InChI is InChI=1S/C12H13BrO2/c1-3-15-12(14)7-5-10-4-6-11(13)9(2)8-10/h4-8H,3H2,1-2H3/b7-5+. The van der Waals surface area contributed by atoms with E-state index in [0.29, 0.717) is 6.61 Å². The van der Waals surface area contributed by atoms with Crippen molar-refractivity contribution >= 4 is 28.0 Å². The van der Waals surface area contributed by atoms with Crippen LogP contribution in [0.25, 0.3) is 6.08 Å². The molecule has 0 fully saturated rings. The maximum Gasteiger partial charge on any atom is 0.330 e. The predicted molar refractivity (Wildman–Crippen MR) is 64.5 cm³/mol. The average Bonchev–Trinajstić information content (AvgIpc) is 2.20. The Bertz CT molecular complexity index is 383. The Morgan fingerprint density at radius 1 is 1.53 bits per heavy atom. The van der Waals surface area contributed by atoms with Crippen LogP contribution in [-0.4, -0.2) is 12.6 Å². The van der Waals surface area contributed by atoms with Crippen molar-refractivity contribution in [2.75, 3.05) is 6.61 Å². The molecule has 0 heterocycles. The fourth-order valence-electron chi connectivity index (χ4n) is 1.13. The van der Waals surface area contributed by atoms with Crippen LogP contribution in [0.3, 0.4) is 0 Å². The molecule has 0 aliphatic rings. The summed E-state index contributed by atoms with van der Waals surface area (Å²) in [5, 5.41) is 0. The third kappa shape index (κ3) is 3.88. The van der Waals surface area contributed by atoms with Crippen molar-refractivity contribution in [3.63, 3.8) is 0 Å². The summed E-state index contributed by atoms with van der Waals surface area (Å²) in [4.78, 5) is 11.0. The molecule has 80 valence electrons. The number of carbonyl (C=O) groups excluding carboxylic acids is 1. The Morgan fingerprint density at radius 3 is 2.87 bits per heavy atom. The Balaban J connectivity index is 2.72. The predicted octanol–water partition coefficient (Wildman–Crippen LogP) is 3.33. The Kier molecular flexibility index (Phi) is 4.56. The zero-order valence-corrected chi connectivity index (χ0v) is 10.4. The third-order valence-electron chi connectivity index (χ3n) is 1.88. The highest BCUT2D eigenvalue weighted by atomic mass is 79.9. The molecule has 0 aliphatic carbocycles. The molecule has 0 saturated heterocycles. The molecule has 15 heavy (non-hydrogen) atoms. The topological polar surface area (TPSA) is 26.3 Å². The maximum atomic E-state index is 11.0. The second-order valence-electron chi connectivity index (χ2n) is 3.09. The number of rotatable bonds is 3. The van der Waals surface area contributed by atoms with Crippen LogP contribution in [0.1, 0.15) is 18.1 Å². The normalized spacial score (nSPS) is 10.6. The molecular formula is C12H13BrO2. The van der Waals surface area contributed by atoms with Gasteiger partial charge in [-0.25, -0.2) is 4.79 Å². The first-order valence-corrected chi connectivity index (χ1v) is 5.53. The minimum Gasteiger partial charge on any atom is -0.463 e. The minimum atomic E-state index is -0.307. The van der Waals surface area contributed by atoms with Crippen molar-refractivity contribution in [1.82, 2.24) is 0 Å². The average molecular weight is 269 g/mol. The van der Waals surface area contributed by atoms with E-state index in [2.05, 4.69) is 15.9 Å². The zero-order valence-electron chi connectivity index (χ0n) is 8.79. The first-order chi connectivity index (χ1) is 7.13. The number of aryl methyl sites for hydroxylation is 1. The van der Waals surface area contributed by atoms with E-state index >= 15 is 0 Å². The zero-order chi connectivity index (χ0) is 11.3. The third-order valence-corrected chi connectivity index (χ3v) is 2.77. The van der Waals surface area contributed by atoms with Crippen LogP contribution in [-0.2, 0) is 9.53 Å². The molecular weight excluding hydrogens is 256 g/mol. The van der Waals surface area contributed by atoms with E-state index in [1.165, 1.54) is 6.08 Å². The van der Waals surface area contributed by atoms with E-state index in [1.807, 2.05) is 25.1 Å². The van der Waals surface area contributed by atoms with Crippen molar-refractivity contribution in [2.45, 2.75) is 13.8 Å². The van der Waals surface area contributed by atoms with Gasteiger partial charge in [0.2, 0.25) is 0 Å². The SMILES string of the molecule is CCOC(=O)/C=C/c1ccc(Br)c(C)c1. The van der Waals surface area contributed by atoms with Crippen LogP contribution in [0.2, 0.25) is 0 Å². The second-order valence-corrected chi connectivity index (χ2v) is 3.95. The molecule has 0 atom stereocenters. The van der Waals surface area contributed by atoms with E-state index in [4.69, 9.17) is 4.74 Å². The Morgan fingerprint density at radius 2 is 2.27 bits per heavy atom. The smallest absolute Gasteiger partial charge is 0.330 e. The van der Waals surface area contributed by atoms with Crippen molar-refractivity contribution in [2.24, 2.45) is 0 Å². The maximum absolute atomic E-state index is 11.0. The fourth-order valence-corrected chi connectivity index (χ4v) is 1.37. The van der Waals surface area contributed by atoms with Gasteiger partial charge in [-0.15, -0.1) is 0 Å². The molecule has 0 aromatic heterocycles. The number of hydrogen-bond donors (Lipinski definition) is 0. The largest absolute Gasteiger partial charge is 0.463 e. The molecule has 0 saturated carbocycles. The highest BCUT2D eigenvalue weighted by molar-refractivity contribution is 9.10. The van der Waals surface area contributed by atoms with Gasteiger partial charge in [0, 0.05) is 10.5 Å². The number of ether oxygens (including phenoxy) is 1. The van der Waals surface area contributed by atoms with Gasteiger partial charge in [-0.2, -0.15) is 0 Å². The number of benzene rings is 1. The number of hydrogen-bond acceptors (Lipinski definition) is 2. The lowest BCUT2D eigenvalue weighted by atomic mass is 10.1. The molecule has 0 spiro atoms. The summed E-state index contributed by atoms with van der Waals surface area (Å²) in [6, 6.07) is 5.90. The molecule has 1 aromatic carbocycles. The summed E-state index contributed by atoms with van der Waals surface area (Å²) in [6.07, 6.45) is 3.18. The molecule has 1 aromatic rings. The van der Waals surface area contributed by atoms with Crippen molar-refractivity contribution in [3.05, 3.63) is 39.9 Å². The van der Waals surface area contributed by atoms with E-state index in [9.17, 15) is 4.79 Å². The molecule has 0 aliphatic heterocycles. The van der Waals surface area contributed by atoms with E-state index in [0.717, 1.165) is 15.6 Å². The summed E-state index contributed by atoms with van der Waals surface area (Å²) >= 11 is 3.42. The summed E-state index contributed by atoms with van der Waals surface area (Å²) in [7, 11) is 0. The van der Waals surface area contributed by atoms with Crippen molar-refractivity contribution < 1.29 is 9.53 Å². The quantitative estimate of drug-likeness (QED) is 0.621. The highest BCUT2D eigenvalue weighted by Crippen LogP contribution is 2.17. The monoisotopic (exact) mass is 268 g/mol. The van der Waals surface area contributed by atoms with Gasteiger partial charge in [0.15, 0.2) is 0 Å². The van der Waals surface area contributed by atoms with Crippen LogP contribution < -0.4 is 0 Å². The molecule has 3 heteroatoms. The lowest BCUT2D eigenvalue weighted by molar-refractivity contribution is -0.137. The Hall–Kier alpha value is -1.09. The summed E-state index contributed by atoms with van der Waals surface area (Å²) in [5.74, 6) is -0.307. The van der Waals surface area contributed by atoms with Gasteiger partial charge in [-0.1, -0.05) is 28.1 Å². The van der Waals surface area contributed by atoms with Gasteiger partial charge in [-0.05, 0) is 37.1 Å². The van der Waals surface area contributed by atoms with Gasteiger partial charge in [-0.3, -0.25) is 0 Å².